The maximum absolute atomic E-state index is 13.5. The Labute approximate surface area is 203 Å². The summed E-state index contributed by atoms with van der Waals surface area (Å²) in [6.07, 6.45) is 4.02. The third-order valence-electron chi connectivity index (χ3n) is 6.16. The van der Waals surface area contributed by atoms with Crippen molar-refractivity contribution in [1.82, 2.24) is 29.8 Å². The van der Waals surface area contributed by atoms with Gasteiger partial charge in [-0.3, -0.25) is 4.90 Å². The van der Waals surface area contributed by atoms with E-state index in [0.717, 1.165) is 57.2 Å². The van der Waals surface area contributed by atoms with Gasteiger partial charge in [-0.15, -0.1) is 0 Å². The molecule has 3 aromatic rings. The van der Waals surface area contributed by atoms with Crippen molar-refractivity contribution in [1.29, 1.82) is 0 Å². The highest BCUT2D eigenvalue weighted by atomic mass is 19.1. The lowest BCUT2D eigenvalue weighted by Gasteiger charge is -2.26. The fourth-order valence-electron chi connectivity index (χ4n) is 4.11. The highest BCUT2D eigenvalue weighted by Crippen LogP contribution is 2.30. The van der Waals surface area contributed by atoms with E-state index in [2.05, 4.69) is 37.5 Å². The number of hydrogen-bond donors (Lipinski definition) is 3. The largest absolute Gasteiger partial charge is 0.480 e. The molecule has 3 N–H and O–H groups in total. The summed E-state index contributed by atoms with van der Waals surface area (Å²) in [6.45, 7) is 9.40. The summed E-state index contributed by atoms with van der Waals surface area (Å²) in [7, 11) is 1.58. The summed E-state index contributed by atoms with van der Waals surface area (Å²) in [4.78, 5) is 11.4. The van der Waals surface area contributed by atoms with Crippen molar-refractivity contribution in [3.8, 4) is 5.88 Å². The van der Waals surface area contributed by atoms with Gasteiger partial charge in [0.05, 0.1) is 38.1 Å². The van der Waals surface area contributed by atoms with Crippen LogP contribution in [0.2, 0.25) is 0 Å². The molecule has 0 unspecified atom stereocenters. The SMILES string of the molecule is C=C(N[C@H]1C[C@H]1F)c1cnn2c(NCCCN3CCOCC3)cc(Nc3cccnc3OC)nc12. The first-order valence-corrected chi connectivity index (χ1v) is 11.9. The standard InChI is InChI=1S/C24H31FN8O2/c1-16(29-20-13-18(20)25)17-15-28-33-22(26-7-4-8-32-9-11-35-12-10-32)14-21(31-23(17)33)30-19-5-3-6-27-24(19)34-2/h3,5-6,14-15,18,20,26,29H,1,4,7-13H2,2H3,(H,30,31)/t18-,20+/m1/s1. The van der Waals surface area contributed by atoms with Crippen molar-refractivity contribution in [2.45, 2.75) is 25.1 Å². The second kappa shape index (κ2) is 10.4. The van der Waals surface area contributed by atoms with Gasteiger partial charge in [0.15, 0.2) is 5.65 Å². The van der Waals surface area contributed by atoms with Gasteiger partial charge in [-0.1, -0.05) is 6.58 Å². The normalized spacial score (nSPS) is 19.9. The minimum Gasteiger partial charge on any atom is -0.480 e. The van der Waals surface area contributed by atoms with Gasteiger partial charge in [0, 0.05) is 44.0 Å². The van der Waals surface area contributed by atoms with E-state index in [4.69, 9.17) is 14.5 Å². The van der Waals surface area contributed by atoms with Crippen LogP contribution in [0.25, 0.3) is 11.3 Å². The number of fused-ring (bicyclic) bond motifs is 1. The van der Waals surface area contributed by atoms with Crippen LogP contribution >= 0.6 is 0 Å². The van der Waals surface area contributed by atoms with E-state index >= 15 is 0 Å². The fraction of sp³-hybridized carbons (Fsp3) is 0.458. The topological polar surface area (TPSA) is 101 Å². The van der Waals surface area contributed by atoms with Gasteiger partial charge in [0.2, 0.25) is 5.88 Å². The molecule has 1 saturated heterocycles. The van der Waals surface area contributed by atoms with Gasteiger partial charge in [-0.05, 0) is 25.1 Å². The molecule has 0 aromatic carbocycles. The van der Waals surface area contributed by atoms with Gasteiger partial charge in [-0.2, -0.15) is 9.61 Å². The van der Waals surface area contributed by atoms with E-state index < -0.39 is 6.17 Å². The molecule has 1 aliphatic heterocycles. The highest BCUT2D eigenvalue weighted by Gasteiger charge is 2.38. The molecule has 4 heterocycles. The number of hydrogen-bond acceptors (Lipinski definition) is 9. The number of anilines is 3. The molecule has 1 aliphatic carbocycles. The van der Waals surface area contributed by atoms with Crippen LogP contribution in [0, 0.1) is 0 Å². The van der Waals surface area contributed by atoms with E-state index in [0.29, 0.717) is 35.2 Å². The lowest BCUT2D eigenvalue weighted by molar-refractivity contribution is 0.0378. The van der Waals surface area contributed by atoms with Crippen LogP contribution in [0.3, 0.4) is 0 Å². The molecule has 186 valence electrons. The second-order valence-corrected chi connectivity index (χ2v) is 8.72. The van der Waals surface area contributed by atoms with Crippen molar-refractivity contribution in [3.63, 3.8) is 0 Å². The quantitative estimate of drug-likeness (QED) is 0.356. The number of pyridine rings is 1. The number of nitrogens with one attached hydrogen (secondary N) is 3. The Morgan fingerprint density at radius 1 is 1.34 bits per heavy atom. The minimum atomic E-state index is -0.833. The van der Waals surface area contributed by atoms with Crippen LogP contribution in [0.4, 0.5) is 21.7 Å². The molecule has 3 aromatic heterocycles. The number of ether oxygens (including phenoxy) is 2. The van der Waals surface area contributed by atoms with Gasteiger partial charge < -0.3 is 25.4 Å². The zero-order valence-corrected chi connectivity index (χ0v) is 19.8. The third-order valence-corrected chi connectivity index (χ3v) is 6.16. The lowest BCUT2D eigenvalue weighted by Crippen LogP contribution is -2.37. The van der Waals surface area contributed by atoms with Crippen LogP contribution in [-0.2, 0) is 4.74 Å². The Balaban J connectivity index is 1.38. The van der Waals surface area contributed by atoms with Gasteiger partial charge >= 0.3 is 0 Å². The van der Waals surface area contributed by atoms with E-state index in [1.807, 2.05) is 18.2 Å². The van der Waals surface area contributed by atoms with Crippen LogP contribution < -0.4 is 20.7 Å². The molecule has 0 bridgehead atoms. The molecule has 2 fully saturated rings. The first kappa shape index (κ1) is 23.3. The number of alkyl halides is 1. The van der Waals surface area contributed by atoms with Crippen LogP contribution in [0.1, 0.15) is 18.4 Å². The Kier molecular flexibility index (Phi) is 6.96. The van der Waals surface area contributed by atoms with E-state index in [-0.39, 0.29) is 6.04 Å². The van der Waals surface area contributed by atoms with Crippen molar-refractivity contribution in [3.05, 3.63) is 42.7 Å². The first-order valence-electron chi connectivity index (χ1n) is 11.9. The molecular formula is C24H31FN8O2. The molecule has 35 heavy (non-hydrogen) atoms. The number of morpholine rings is 1. The molecule has 10 nitrogen and oxygen atoms in total. The summed E-state index contributed by atoms with van der Waals surface area (Å²) in [6, 6.07) is 5.41. The number of aromatic nitrogens is 4. The zero-order valence-electron chi connectivity index (χ0n) is 19.8. The number of rotatable bonds is 11. The van der Waals surface area contributed by atoms with Crippen LogP contribution in [0.5, 0.6) is 5.88 Å². The van der Waals surface area contributed by atoms with Gasteiger partial charge in [0.1, 0.15) is 23.5 Å². The molecule has 11 heteroatoms. The molecule has 2 aliphatic rings. The first-order chi connectivity index (χ1) is 17.1. The van der Waals surface area contributed by atoms with E-state index in [9.17, 15) is 4.39 Å². The average Bonchev–Trinajstić information content (AvgIpc) is 3.39. The Bertz CT molecular complexity index is 1180. The van der Waals surface area contributed by atoms with Gasteiger partial charge in [0.25, 0.3) is 0 Å². The summed E-state index contributed by atoms with van der Waals surface area (Å²) in [5.41, 5.74) is 2.64. The predicted molar refractivity (Wildman–Crippen MR) is 133 cm³/mol. The van der Waals surface area contributed by atoms with Crippen molar-refractivity contribution < 1.29 is 13.9 Å². The molecule has 2 atom stereocenters. The maximum Gasteiger partial charge on any atom is 0.237 e. The smallest absolute Gasteiger partial charge is 0.237 e. The van der Waals surface area contributed by atoms with Crippen molar-refractivity contribution in [2.75, 3.05) is 57.1 Å². The Hall–Kier alpha value is -3.44. The number of methoxy groups -OCH3 is 1. The Morgan fingerprint density at radius 3 is 2.94 bits per heavy atom. The van der Waals surface area contributed by atoms with Crippen molar-refractivity contribution >= 4 is 28.7 Å². The number of nitrogens with zero attached hydrogens (tertiary/aromatic N) is 5. The Morgan fingerprint density at radius 2 is 2.17 bits per heavy atom. The second-order valence-electron chi connectivity index (χ2n) is 8.72. The predicted octanol–water partition coefficient (Wildman–Crippen LogP) is 2.68. The zero-order chi connectivity index (χ0) is 24.2. The number of halogens is 1. The minimum absolute atomic E-state index is 0.198. The third kappa shape index (κ3) is 5.46. The molecule has 0 radical (unpaired) electrons. The summed E-state index contributed by atoms with van der Waals surface area (Å²) >= 11 is 0. The molecule has 1 saturated carbocycles. The average molecular weight is 483 g/mol. The maximum atomic E-state index is 13.5. The van der Waals surface area contributed by atoms with Gasteiger partial charge in [-0.25, -0.2) is 14.4 Å². The summed E-state index contributed by atoms with van der Waals surface area (Å²) < 4.78 is 26.0. The van der Waals surface area contributed by atoms with Crippen molar-refractivity contribution in [2.24, 2.45) is 0 Å². The molecule has 5 rings (SSSR count). The van der Waals surface area contributed by atoms with Crippen LogP contribution in [0.15, 0.2) is 37.2 Å². The molecule has 0 amide bonds. The fourth-order valence-corrected chi connectivity index (χ4v) is 4.11. The molecule has 0 spiro atoms. The van der Waals surface area contributed by atoms with Crippen LogP contribution in [-0.4, -0.2) is 83.2 Å². The summed E-state index contributed by atoms with van der Waals surface area (Å²) in [5.74, 6) is 1.86. The van der Waals surface area contributed by atoms with E-state index in [1.165, 1.54) is 0 Å². The lowest BCUT2D eigenvalue weighted by atomic mass is 10.2. The molecular weight excluding hydrogens is 451 g/mol. The highest BCUT2D eigenvalue weighted by molar-refractivity contribution is 5.77. The van der Waals surface area contributed by atoms with E-state index in [1.54, 1.807) is 24.0 Å². The summed E-state index contributed by atoms with van der Waals surface area (Å²) in [5, 5.41) is 14.5. The monoisotopic (exact) mass is 482 g/mol.